The number of aryl methyl sites for hydroxylation is 1. The number of fused-ring (bicyclic) bond motifs is 1. The van der Waals surface area contributed by atoms with Crippen LogP contribution >= 0.6 is 0 Å². The van der Waals surface area contributed by atoms with Crippen molar-refractivity contribution in [3.8, 4) is 0 Å². The Morgan fingerprint density at radius 1 is 1.44 bits per heavy atom. The summed E-state index contributed by atoms with van der Waals surface area (Å²) in [6.45, 7) is 7.23. The van der Waals surface area contributed by atoms with E-state index in [1.54, 1.807) is 13.1 Å². The van der Waals surface area contributed by atoms with Crippen LogP contribution in [0.25, 0.3) is 10.9 Å². The number of hydrogen-bond acceptors (Lipinski definition) is 1. The Labute approximate surface area is 94.3 Å². The molecule has 0 saturated heterocycles. The fourth-order valence-electron chi connectivity index (χ4n) is 1.70. The van der Waals surface area contributed by atoms with E-state index in [0.717, 1.165) is 16.5 Å². The molecule has 80 valence electrons. The summed E-state index contributed by atoms with van der Waals surface area (Å²) in [7, 11) is 0. The molecule has 0 atom stereocenters. The number of Topliss-reactive ketones (excluding diaryl/α,β-unsaturated/α-hetero) is 1. The van der Waals surface area contributed by atoms with Crippen molar-refractivity contribution in [2.45, 2.75) is 13.8 Å². The highest BCUT2D eigenvalue weighted by atomic mass is 16.1. The standard InChI is InChI=1S/C14H13NO/c1-4-10(3)14(16)12-8-15-13-6-5-9(2)7-11(12)13/h5-8,15H,1H2,2-3H3. The lowest BCUT2D eigenvalue weighted by Gasteiger charge is -1.98. The van der Waals surface area contributed by atoms with Gasteiger partial charge in [-0.05, 0) is 26.0 Å². The number of aromatic amines is 1. The van der Waals surface area contributed by atoms with E-state index >= 15 is 0 Å². The summed E-state index contributed by atoms with van der Waals surface area (Å²) >= 11 is 0. The molecule has 2 rings (SSSR count). The Bertz CT molecular complexity index is 613. The number of allylic oxidation sites excluding steroid dienone is 1. The van der Waals surface area contributed by atoms with Crippen molar-refractivity contribution in [3.63, 3.8) is 0 Å². The molecule has 0 spiro atoms. The van der Waals surface area contributed by atoms with Crippen LogP contribution in [0.2, 0.25) is 0 Å². The smallest absolute Gasteiger partial charge is 0.198 e. The van der Waals surface area contributed by atoms with Crippen LogP contribution in [0.5, 0.6) is 0 Å². The molecule has 2 nitrogen and oxygen atoms in total. The van der Waals surface area contributed by atoms with Crippen LogP contribution in [0.15, 0.2) is 42.3 Å². The molecule has 1 aromatic carbocycles. The number of nitrogens with one attached hydrogen (secondary N) is 1. The second-order valence-electron chi connectivity index (χ2n) is 3.88. The van der Waals surface area contributed by atoms with Crippen molar-refractivity contribution in [1.29, 1.82) is 0 Å². The Morgan fingerprint density at radius 3 is 2.88 bits per heavy atom. The van der Waals surface area contributed by atoms with E-state index in [4.69, 9.17) is 0 Å². The number of carbonyl (C=O) groups excluding carboxylic acids is 1. The van der Waals surface area contributed by atoms with E-state index in [0.29, 0.717) is 11.1 Å². The van der Waals surface area contributed by atoms with E-state index < -0.39 is 0 Å². The third-order valence-electron chi connectivity index (χ3n) is 2.69. The number of hydrogen-bond donors (Lipinski definition) is 1. The summed E-state index contributed by atoms with van der Waals surface area (Å²) in [6, 6.07) is 6.01. The highest BCUT2D eigenvalue weighted by Gasteiger charge is 2.13. The Morgan fingerprint density at radius 2 is 2.19 bits per heavy atom. The van der Waals surface area contributed by atoms with Gasteiger partial charge in [0.05, 0.1) is 0 Å². The van der Waals surface area contributed by atoms with Crippen LogP contribution in [-0.2, 0) is 0 Å². The summed E-state index contributed by atoms with van der Waals surface area (Å²) in [6.07, 6.45) is 1.74. The molecule has 0 aliphatic carbocycles. The first-order valence-electron chi connectivity index (χ1n) is 5.12. The van der Waals surface area contributed by atoms with E-state index in [-0.39, 0.29) is 5.78 Å². The van der Waals surface area contributed by atoms with Gasteiger partial charge in [0.2, 0.25) is 0 Å². The van der Waals surface area contributed by atoms with Gasteiger partial charge < -0.3 is 4.98 Å². The van der Waals surface area contributed by atoms with Crippen molar-refractivity contribution in [3.05, 3.63) is 53.4 Å². The maximum Gasteiger partial charge on any atom is 0.198 e. The normalized spacial score (nSPS) is 10.1. The van der Waals surface area contributed by atoms with Crippen LogP contribution in [0.1, 0.15) is 22.8 Å². The zero-order chi connectivity index (χ0) is 11.7. The summed E-state index contributed by atoms with van der Waals surface area (Å²) in [4.78, 5) is 15.1. The first-order valence-corrected chi connectivity index (χ1v) is 5.12. The van der Waals surface area contributed by atoms with Gasteiger partial charge in [-0.2, -0.15) is 0 Å². The molecular formula is C14H13NO. The lowest BCUT2D eigenvalue weighted by atomic mass is 10.0. The highest BCUT2D eigenvalue weighted by Crippen LogP contribution is 2.21. The highest BCUT2D eigenvalue weighted by molar-refractivity contribution is 6.15. The van der Waals surface area contributed by atoms with Crippen molar-refractivity contribution in [2.75, 3.05) is 0 Å². The van der Waals surface area contributed by atoms with E-state index in [1.165, 1.54) is 0 Å². The number of carbonyl (C=O) groups is 1. The topological polar surface area (TPSA) is 32.9 Å². The van der Waals surface area contributed by atoms with Gasteiger partial charge in [-0.1, -0.05) is 18.2 Å². The van der Waals surface area contributed by atoms with Gasteiger partial charge in [-0.3, -0.25) is 4.79 Å². The van der Waals surface area contributed by atoms with E-state index in [1.807, 2.05) is 25.1 Å². The minimum atomic E-state index is -0.0214. The molecule has 0 aliphatic heterocycles. The molecule has 1 aromatic heterocycles. The molecule has 0 bridgehead atoms. The van der Waals surface area contributed by atoms with Crippen molar-refractivity contribution in [1.82, 2.24) is 4.98 Å². The number of aromatic nitrogens is 1. The second kappa shape index (κ2) is 3.84. The maximum absolute atomic E-state index is 12.0. The number of ketones is 1. The molecule has 0 aliphatic rings. The third-order valence-corrected chi connectivity index (χ3v) is 2.69. The lowest BCUT2D eigenvalue weighted by molar-refractivity contribution is 0.103. The lowest BCUT2D eigenvalue weighted by Crippen LogP contribution is -1.98. The number of benzene rings is 1. The maximum atomic E-state index is 12.0. The van der Waals surface area contributed by atoms with Crippen LogP contribution < -0.4 is 0 Å². The molecule has 16 heavy (non-hydrogen) atoms. The van der Waals surface area contributed by atoms with Crippen LogP contribution in [0, 0.1) is 6.92 Å². The van der Waals surface area contributed by atoms with Crippen molar-refractivity contribution in [2.24, 2.45) is 0 Å². The number of rotatable bonds is 2. The monoisotopic (exact) mass is 211 g/mol. The molecule has 0 saturated carbocycles. The van der Waals surface area contributed by atoms with Crippen molar-refractivity contribution < 1.29 is 4.79 Å². The molecule has 0 fully saturated rings. The zero-order valence-corrected chi connectivity index (χ0v) is 9.42. The third kappa shape index (κ3) is 1.60. The SMILES string of the molecule is C=C=C(C)C(=O)c1c[nH]c2ccc(C)cc12. The summed E-state index contributed by atoms with van der Waals surface area (Å²) in [5.41, 5.74) is 5.98. The molecule has 0 unspecified atom stereocenters. The first-order chi connectivity index (χ1) is 7.63. The summed E-state index contributed by atoms with van der Waals surface area (Å²) in [5, 5.41) is 0.958. The molecule has 2 aromatic rings. The van der Waals surface area contributed by atoms with Crippen LogP contribution in [-0.4, -0.2) is 10.8 Å². The minimum absolute atomic E-state index is 0.0214. The molecular weight excluding hydrogens is 198 g/mol. The fraction of sp³-hybridized carbons (Fsp3) is 0.143. The molecule has 1 N–H and O–H groups in total. The summed E-state index contributed by atoms with van der Waals surface area (Å²) < 4.78 is 0. The van der Waals surface area contributed by atoms with Gasteiger partial charge in [0.15, 0.2) is 5.78 Å². The second-order valence-corrected chi connectivity index (χ2v) is 3.88. The Kier molecular flexibility index (Phi) is 2.51. The zero-order valence-electron chi connectivity index (χ0n) is 9.42. The van der Waals surface area contributed by atoms with Gasteiger partial charge in [-0.25, -0.2) is 0 Å². The number of H-pyrrole nitrogens is 1. The van der Waals surface area contributed by atoms with Gasteiger partial charge in [0.25, 0.3) is 0 Å². The predicted molar refractivity (Wildman–Crippen MR) is 65.7 cm³/mol. The van der Waals surface area contributed by atoms with E-state index in [2.05, 4.69) is 17.3 Å². The largest absolute Gasteiger partial charge is 0.360 e. The molecule has 1 heterocycles. The Hall–Kier alpha value is -2.05. The molecule has 0 radical (unpaired) electrons. The quantitative estimate of drug-likeness (QED) is 0.461. The van der Waals surface area contributed by atoms with E-state index in [9.17, 15) is 4.79 Å². The summed E-state index contributed by atoms with van der Waals surface area (Å²) in [5.74, 6) is -0.0214. The Balaban J connectivity index is 2.66. The predicted octanol–water partition coefficient (Wildman–Crippen LogP) is 3.39. The van der Waals surface area contributed by atoms with Gasteiger partial charge in [0.1, 0.15) is 0 Å². The van der Waals surface area contributed by atoms with Gasteiger partial charge >= 0.3 is 0 Å². The average Bonchev–Trinajstić information content (AvgIpc) is 2.69. The van der Waals surface area contributed by atoms with Crippen LogP contribution in [0.4, 0.5) is 0 Å². The van der Waals surface area contributed by atoms with Crippen molar-refractivity contribution >= 4 is 16.7 Å². The minimum Gasteiger partial charge on any atom is -0.360 e. The molecule has 2 heteroatoms. The average molecular weight is 211 g/mol. The van der Waals surface area contributed by atoms with Gasteiger partial charge in [-0.15, -0.1) is 5.73 Å². The van der Waals surface area contributed by atoms with Gasteiger partial charge in [0, 0.05) is 28.2 Å². The fourth-order valence-corrected chi connectivity index (χ4v) is 1.70. The van der Waals surface area contributed by atoms with Crippen LogP contribution in [0.3, 0.4) is 0 Å². The first kappa shape index (κ1) is 10.5. The molecule has 0 amide bonds.